The van der Waals surface area contributed by atoms with Crippen molar-refractivity contribution in [1.82, 2.24) is 0 Å². The lowest BCUT2D eigenvalue weighted by molar-refractivity contribution is -0.148. The third kappa shape index (κ3) is 7.03. The molecule has 0 fully saturated rings. The first kappa shape index (κ1) is 26.2. The molecule has 35 heavy (non-hydrogen) atoms. The van der Waals surface area contributed by atoms with E-state index in [0.717, 1.165) is 12.1 Å². The summed E-state index contributed by atoms with van der Waals surface area (Å²) >= 11 is 0. The van der Waals surface area contributed by atoms with Crippen molar-refractivity contribution in [2.45, 2.75) is 12.8 Å². The largest absolute Gasteiger partial charge is 0.479 e. The molecule has 2 N–H and O–H groups in total. The van der Waals surface area contributed by atoms with Gasteiger partial charge in [0.1, 0.15) is 17.5 Å². The SMILES string of the molecule is O=C(COc1ccc(F)c(CCc2cc(-c3cccc(F)c3)ccc2F)c1F)OCC(CO)CO. The molecule has 9 heteroatoms. The number of hydrogen-bond acceptors (Lipinski definition) is 5. The van der Waals surface area contributed by atoms with Crippen molar-refractivity contribution in [3.05, 3.63) is 89.0 Å². The average Bonchev–Trinajstić information content (AvgIpc) is 2.85. The quantitative estimate of drug-likeness (QED) is 0.310. The fourth-order valence-electron chi connectivity index (χ4n) is 3.34. The summed E-state index contributed by atoms with van der Waals surface area (Å²) in [6.45, 7) is -1.68. The van der Waals surface area contributed by atoms with Crippen LogP contribution in [0.2, 0.25) is 0 Å². The molecule has 0 radical (unpaired) electrons. The molecule has 3 aromatic rings. The fraction of sp³-hybridized carbons (Fsp3) is 0.269. The minimum absolute atomic E-state index is 0.0436. The molecule has 3 rings (SSSR count). The lowest BCUT2D eigenvalue weighted by Crippen LogP contribution is -2.23. The van der Waals surface area contributed by atoms with Gasteiger partial charge in [0, 0.05) is 11.5 Å². The standard InChI is InChI=1S/C26H24F4O5/c27-20-3-1-2-17(11-20)18-5-7-22(28)19(10-18)4-6-21-23(29)8-9-24(26(21)30)34-15-25(33)35-14-16(12-31)13-32/h1-3,5,7-11,16,31-32H,4,6,12-15H2. The summed E-state index contributed by atoms with van der Waals surface area (Å²) in [6, 6.07) is 12.0. The number of benzene rings is 3. The summed E-state index contributed by atoms with van der Waals surface area (Å²) in [4.78, 5) is 11.8. The van der Waals surface area contributed by atoms with Crippen LogP contribution in [-0.4, -0.2) is 42.6 Å². The summed E-state index contributed by atoms with van der Waals surface area (Å²) in [6.07, 6.45) is -0.241. The number of carbonyl (C=O) groups excluding carboxylic acids is 1. The Morgan fingerprint density at radius 2 is 1.57 bits per heavy atom. The van der Waals surface area contributed by atoms with Crippen LogP contribution in [0.1, 0.15) is 11.1 Å². The van der Waals surface area contributed by atoms with Crippen LogP contribution >= 0.6 is 0 Å². The maximum Gasteiger partial charge on any atom is 0.344 e. The number of halogens is 4. The highest BCUT2D eigenvalue weighted by Gasteiger charge is 2.18. The smallest absolute Gasteiger partial charge is 0.344 e. The number of aryl methyl sites for hydroxylation is 1. The van der Waals surface area contributed by atoms with Gasteiger partial charge in [-0.15, -0.1) is 0 Å². The molecule has 0 aliphatic rings. The highest BCUT2D eigenvalue weighted by Crippen LogP contribution is 2.27. The van der Waals surface area contributed by atoms with Gasteiger partial charge in [-0.1, -0.05) is 18.2 Å². The zero-order valence-corrected chi connectivity index (χ0v) is 18.6. The molecule has 3 aromatic carbocycles. The highest BCUT2D eigenvalue weighted by molar-refractivity contribution is 5.71. The third-order valence-electron chi connectivity index (χ3n) is 5.34. The summed E-state index contributed by atoms with van der Waals surface area (Å²) in [5, 5.41) is 17.9. The van der Waals surface area contributed by atoms with Crippen molar-refractivity contribution in [2.24, 2.45) is 5.92 Å². The minimum Gasteiger partial charge on any atom is -0.479 e. The van der Waals surface area contributed by atoms with Crippen molar-refractivity contribution < 1.29 is 42.0 Å². The van der Waals surface area contributed by atoms with Gasteiger partial charge in [0.25, 0.3) is 0 Å². The minimum atomic E-state index is -1.02. The molecule has 0 aromatic heterocycles. The number of aliphatic hydroxyl groups is 2. The van der Waals surface area contributed by atoms with Crippen LogP contribution in [0.5, 0.6) is 5.75 Å². The predicted molar refractivity (Wildman–Crippen MR) is 120 cm³/mol. The van der Waals surface area contributed by atoms with Crippen LogP contribution in [0.3, 0.4) is 0 Å². The van der Waals surface area contributed by atoms with Gasteiger partial charge in [-0.25, -0.2) is 22.4 Å². The molecule has 0 unspecified atom stereocenters. The van der Waals surface area contributed by atoms with E-state index in [9.17, 15) is 22.4 Å². The van der Waals surface area contributed by atoms with Gasteiger partial charge in [0.15, 0.2) is 18.2 Å². The topological polar surface area (TPSA) is 76.0 Å². The highest BCUT2D eigenvalue weighted by atomic mass is 19.1. The number of aliphatic hydroxyl groups excluding tert-OH is 2. The zero-order valence-electron chi connectivity index (χ0n) is 18.6. The third-order valence-corrected chi connectivity index (χ3v) is 5.34. The summed E-state index contributed by atoms with van der Waals surface area (Å²) in [5.74, 6) is -4.78. The van der Waals surface area contributed by atoms with Gasteiger partial charge in [0.05, 0.1) is 19.8 Å². The van der Waals surface area contributed by atoms with Crippen LogP contribution in [0.25, 0.3) is 11.1 Å². The van der Waals surface area contributed by atoms with E-state index in [1.807, 2.05) is 0 Å². The molecule has 0 amide bonds. The van der Waals surface area contributed by atoms with E-state index in [0.29, 0.717) is 11.1 Å². The molecule has 5 nitrogen and oxygen atoms in total. The van der Waals surface area contributed by atoms with E-state index in [-0.39, 0.29) is 49.5 Å². The maximum absolute atomic E-state index is 14.9. The van der Waals surface area contributed by atoms with Crippen LogP contribution in [-0.2, 0) is 22.4 Å². The van der Waals surface area contributed by atoms with E-state index in [1.54, 1.807) is 6.07 Å². The van der Waals surface area contributed by atoms with Crippen LogP contribution in [0.4, 0.5) is 17.6 Å². The van der Waals surface area contributed by atoms with Crippen LogP contribution in [0, 0.1) is 29.2 Å². The van der Waals surface area contributed by atoms with Crippen LogP contribution in [0.15, 0.2) is 54.6 Å². The zero-order chi connectivity index (χ0) is 25.4. The van der Waals surface area contributed by atoms with E-state index in [4.69, 9.17) is 19.7 Å². The van der Waals surface area contributed by atoms with Crippen molar-refractivity contribution in [3.63, 3.8) is 0 Å². The fourth-order valence-corrected chi connectivity index (χ4v) is 3.34. The molecule has 0 bridgehead atoms. The van der Waals surface area contributed by atoms with Crippen molar-refractivity contribution in [1.29, 1.82) is 0 Å². The van der Waals surface area contributed by atoms with E-state index in [1.165, 1.54) is 36.4 Å². The number of esters is 1. The number of hydrogen-bond donors (Lipinski definition) is 2. The normalized spacial score (nSPS) is 11.1. The molecule has 0 atom stereocenters. The molecule has 0 aliphatic heterocycles. The van der Waals surface area contributed by atoms with Gasteiger partial charge in [0.2, 0.25) is 0 Å². The van der Waals surface area contributed by atoms with Crippen molar-refractivity contribution in [2.75, 3.05) is 26.4 Å². The first-order chi connectivity index (χ1) is 16.8. The first-order valence-electron chi connectivity index (χ1n) is 10.8. The second-order valence-corrected chi connectivity index (χ2v) is 7.86. The van der Waals surface area contributed by atoms with Gasteiger partial charge >= 0.3 is 5.97 Å². The first-order valence-corrected chi connectivity index (χ1v) is 10.8. The Hall–Kier alpha value is -3.43. The summed E-state index contributed by atoms with van der Waals surface area (Å²) < 4.78 is 67.1. The maximum atomic E-state index is 14.9. The Morgan fingerprint density at radius 1 is 0.857 bits per heavy atom. The second-order valence-electron chi connectivity index (χ2n) is 7.86. The molecular weight excluding hydrogens is 468 g/mol. The summed E-state index contributed by atoms with van der Waals surface area (Å²) in [7, 11) is 0. The second kappa shape index (κ2) is 12.3. The summed E-state index contributed by atoms with van der Waals surface area (Å²) in [5.41, 5.74) is 0.951. The van der Waals surface area contributed by atoms with E-state index < -0.39 is 41.8 Å². The van der Waals surface area contributed by atoms with Crippen LogP contribution < -0.4 is 4.74 Å². The van der Waals surface area contributed by atoms with Gasteiger partial charge in [-0.3, -0.25) is 0 Å². The van der Waals surface area contributed by atoms with Crippen molar-refractivity contribution in [3.8, 4) is 16.9 Å². The van der Waals surface area contributed by atoms with Gasteiger partial charge < -0.3 is 19.7 Å². The molecule has 0 saturated carbocycles. The average molecular weight is 492 g/mol. The van der Waals surface area contributed by atoms with Crippen molar-refractivity contribution >= 4 is 5.97 Å². The molecule has 0 aliphatic carbocycles. The molecular formula is C26H24F4O5. The Balaban J connectivity index is 1.68. The Bertz CT molecular complexity index is 1160. The van der Waals surface area contributed by atoms with E-state index >= 15 is 0 Å². The molecule has 0 saturated heterocycles. The van der Waals surface area contributed by atoms with Gasteiger partial charge in [-0.2, -0.15) is 0 Å². The predicted octanol–water partition coefficient (Wildman–Crippen LogP) is 4.22. The lowest BCUT2D eigenvalue weighted by atomic mass is 9.98. The number of carbonyl (C=O) groups is 1. The molecule has 0 heterocycles. The molecule has 0 spiro atoms. The monoisotopic (exact) mass is 492 g/mol. The Labute approximate surface area is 199 Å². The van der Waals surface area contributed by atoms with E-state index in [2.05, 4.69) is 0 Å². The molecule has 186 valence electrons. The lowest BCUT2D eigenvalue weighted by Gasteiger charge is -2.13. The number of ether oxygens (including phenoxy) is 2. The number of rotatable bonds is 11. The Kier molecular flexibility index (Phi) is 9.22. The Morgan fingerprint density at radius 3 is 2.29 bits per heavy atom. The van der Waals surface area contributed by atoms with Gasteiger partial charge in [-0.05, 0) is 65.9 Å².